The van der Waals surface area contributed by atoms with E-state index < -0.39 is 0 Å². The second kappa shape index (κ2) is 3.55. The highest BCUT2D eigenvalue weighted by molar-refractivity contribution is 7.22. The summed E-state index contributed by atoms with van der Waals surface area (Å²) >= 11 is 2.98. The number of hydrogen-bond donors (Lipinski definition) is 2. The van der Waals surface area contributed by atoms with E-state index in [1.807, 2.05) is 30.5 Å². The fourth-order valence-corrected chi connectivity index (χ4v) is 4.27. The van der Waals surface area contributed by atoms with Crippen LogP contribution < -0.4 is 0 Å². The van der Waals surface area contributed by atoms with Crippen molar-refractivity contribution >= 4 is 43.1 Å². The van der Waals surface area contributed by atoms with Crippen LogP contribution in [0.4, 0.5) is 0 Å². The summed E-state index contributed by atoms with van der Waals surface area (Å²) in [6.07, 6.45) is 1.70. The summed E-state index contributed by atoms with van der Waals surface area (Å²) in [5, 5.41) is 24.0. The van der Waals surface area contributed by atoms with E-state index in [-0.39, 0.29) is 0 Å². The van der Waals surface area contributed by atoms with E-state index in [2.05, 4.69) is 0 Å². The van der Waals surface area contributed by atoms with Crippen molar-refractivity contribution in [2.24, 2.45) is 0 Å². The molecule has 0 amide bonds. The number of rotatable bonds is 1. The van der Waals surface area contributed by atoms with E-state index >= 15 is 0 Å². The zero-order valence-corrected chi connectivity index (χ0v) is 11.6. The van der Waals surface area contributed by atoms with Gasteiger partial charge in [-0.15, -0.1) is 22.7 Å². The van der Waals surface area contributed by atoms with Crippen LogP contribution in [-0.2, 0) is 0 Å². The summed E-state index contributed by atoms with van der Waals surface area (Å²) in [5.41, 5.74) is 1.79. The van der Waals surface area contributed by atoms with Crippen LogP contribution in [0.2, 0.25) is 0 Å². The van der Waals surface area contributed by atoms with Crippen molar-refractivity contribution < 1.29 is 10.4 Å². The summed E-state index contributed by atoms with van der Waals surface area (Å²) in [5.74, 6) is 0. The molecule has 0 aliphatic rings. The zero-order valence-electron chi connectivity index (χ0n) is 9.99. The molecule has 0 saturated heterocycles. The van der Waals surface area contributed by atoms with Gasteiger partial charge in [0.1, 0.15) is 9.66 Å². The molecular weight excluding hydrogens is 280 g/mol. The molecule has 0 unspecified atom stereocenters. The van der Waals surface area contributed by atoms with E-state index in [4.69, 9.17) is 0 Å². The molecule has 0 spiro atoms. The molecular formula is C13H10N2O2S2. The molecule has 0 saturated carbocycles. The average Bonchev–Trinajstić information content (AvgIpc) is 3.07. The van der Waals surface area contributed by atoms with Crippen molar-refractivity contribution in [3.63, 3.8) is 0 Å². The molecule has 2 N–H and O–H groups in total. The minimum absolute atomic E-state index is 0.766. The van der Waals surface area contributed by atoms with Crippen LogP contribution in [0.1, 0.15) is 5.56 Å². The second-order valence-corrected chi connectivity index (χ2v) is 6.43. The molecule has 19 heavy (non-hydrogen) atoms. The van der Waals surface area contributed by atoms with Crippen LogP contribution in [0.15, 0.2) is 29.8 Å². The minimum Gasteiger partial charge on any atom is -0.428 e. The van der Waals surface area contributed by atoms with Crippen LogP contribution in [0.5, 0.6) is 0 Å². The van der Waals surface area contributed by atoms with Crippen molar-refractivity contribution in [3.05, 3.63) is 35.3 Å². The van der Waals surface area contributed by atoms with E-state index in [9.17, 15) is 10.4 Å². The third-order valence-electron chi connectivity index (χ3n) is 3.30. The Labute approximate surface area is 116 Å². The van der Waals surface area contributed by atoms with Crippen LogP contribution in [0.3, 0.4) is 0 Å². The highest BCUT2D eigenvalue weighted by atomic mass is 32.1. The Balaban J connectivity index is 2.00. The summed E-state index contributed by atoms with van der Waals surface area (Å²) in [6.45, 7) is 1.96. The van der Waals surface area contributed by atoms with E-state index in [1.54, 1.807) is 6.20 Å². The molecule has 4 heterocycles. The number of aromatic nitrogens is 2. The molecule has 0 aliphatic heterocycles. The lowest BCUT2D eigenvalue weighted by molar-refractivity contribution is 0.201. The van der Waals surface area contributed by atoms with Crippen molar-refractivity contribution in [1.82, 2.24) is 9.46 Å². The SMILES string of the molecule is Cc1cn(O)c2sc(-c3cc4ccsc4n3O)cc12. The molecule has 4 aromatic rings. The van der Waals surface area contributed by atoms with Gasteiger partial charge in [-0.1, -0.05) is 0 Å². The number of nitrogens with zero attached hydrogens (tertiary/aromatic N) is 2. The average molecular weight is 290 g/mol. The van der Waals surface area contributed by atoms with Crippen molar-refractivity contribution in [1.29, 1.82) is 0 Å². The predicted octanol–water partition coefficient (Wildman–Crippen LogP) is 4.17. The number of thiophene rings is 2. The van der Waals surface area contributed by atoms with Gasteiger partial charge in [-0.25, -0.2) is 0 Å². The fourth-order valence-electron chi connectivity index (χ4n) is 2.36. The zero-order chi connectivity index (χ0) is 13.1. The Morgan fingerprint density at radius 3 is 2.74 bits per heavy atom. The van der Waals surface area contributed by atoms with Crippen molar-refractivity contribution in [2.45, 2.75) is 6.92 Å². The number of fused-ring (bicyclic) bond motifs is 2. The quantitative estimate of drug-likeness (QED) is 0.517. The lowest BCUT2D eigenvalue weighted by atomic mass is 10.2. The molecule has 0 aliphatic carbocycles. The molecule has 0 bridgehead atoms. The molecule has 4 aromatic heterocycles. The van der Waals surface area contributed by atoms with Crippen LogP contribution in [0, 0.1) is 6.92 Å². The number of aryl methyl sites for hydroxylation is 1. The van der Waals surface area contributed by atoms with Gasteiger partial charge in [-0.2, -0.15) is 9.46 Å². The maximum absolute atomic E-state index is 10.2. The Morgan fingerprint density at radius 1 is 1.16 bits per heavy atom. The molecule has 96 valence electrons. The van der Waals surface area contributed by atoms with Crippen LogP contribution in [-0.4, -0.2) is 19.9 Å². The van der Waals surface area contributed by atoms with E-state index in [0.29, 0.717) is 0 Å². The van der Waals surface area contributed by atoms with Crippen molar-refractivity contribution in [3.8, 4) is 10.6 Å². The van der Waals surface area contributed by atoms with Gasteiger partial charge in [0, 0.05) is 17.0 Å². The summed E-state index contributed by atoms with van der Waals surface area (Å²) in [4.78, 5) is 2.59. The standard InChI is InChI=1S/C13H10N2O2S2/c1-7-6-14(16)13-9(7)5-11(19-13)10-4-8-2-3-18-12(8)15(10)17/h2-6,16-17H,1H3. The van der Waals surface area contributed by atoms with Gasteiger partial charge in [0.2, 0.25) is 0 Å². The summed E-state index contributed by atoms with van der Waals surface area (Å²) in [6, 6.07) is 5.96. The molecule has 0 atom stereocenters. The van der Waals surface area contributed by atoms with Gasteiger partial charge >= 0.3 is 0 Å². The Kier molecular flexibility index (Phi) is 2.05. The van der Waals surface area contributed by atoms with Gasteiger partial charge in [0.25, 0.3) is 0 Å². The highest BCUT2D eigenvalue weighted by Gasteiger charge is 2.16. The monoisotopic (exact) mass is 290 g/mol. The van der Waals surface area contributed by atoms with Crippen LogP contribution in [0.25, 0.3) is 31.0 Å². The smallest absolute Gasteiger partial charge is 0.140 e. The molecule has 4 rings (SSSR count). The van der Waals surface area contributed by atoms with Gasteiger partial charge < -0.3 is 10.4 Å². The minimum atomic E-state index is 0.766. The molecule has 4 nitrogen and oxygen atoms in total. The first-order valence-electron chi connectivity index (χ1n) is 5.74. The predicted molar refractivity (Wildman–Crippen MR) is 77.7 cm³/mol. The first-order valence-corrected chi connectivity index (χ1v) is 7.44. The van der Waals surface area contributed by atoms with Gasteiger partial charge in [0.05, 0.1) is 10.6 Å². The number of hydrogen-bond acceptors (Lipinski definition) is 4. The Bertz CT molecular complexity index is 876. The van der Waals surface area contributed by atoms with E-state index in [1.165, 1.54) is 27.4 Å². The molecule has 0 aromatic carbocycles. The van der Waals surface area contributed by atoms with Crippen LogP contribution >= 0.6 is 22.7 Å². The van der Waals surface area contributed by atoms with E-state index in [0.717, 1.165) is 41.3 Å². The molecule has 0 fully saturated rings. The van der Waals surface area contributed by atoms with Crippen molar-refractivity contribution in [2.75, 3.05) is 0 Å². The first-order chi connectivity index (χ1) is 9.15. The Morgan fingerprint density at radius 2 is 2.00 bits per heavy atom. The van der Waals surface area contributed by atoms with Gasteiger partial charge in [-0.3, -0.25) is 0 Å². The highest BCUT2D eigenvalue weighted by Crippen LogP contribution is 2.38. The second-order valence-electron chi connectivity index (χ2n) is 4.51. The summed E-state index contributed by atoms with van der Waals surface area (Å²) in [7, 11) is 0. The lowest BCUT2D eigenvalue weighted by Gasteiger charge is -1.98. The molecule has 0 radical (unpaired) electrons. The largest absolute Gasteiger partial charge is 0.428 e. The summed E-state index contributed by atoms with van der Waals surface area (Å²) < 4.78 is 2.37. The lowest BCUT2D eigenvalue weighted by Crippen LogP contribution is -1.89. The van der Waals surface area contributed by atoms with Gasteiger partial charge in [-0.05, 0) is 36.1 Å². The third-order valence-corrected chi connectivity index (χ3v) is 5.35. The fraction of sp³-hybridized carbons (Fsp3) is 0.0769. The molecule has 6 heteroatoms. The topological polar surface area (TPSA) is 50.3 Å². The first kappa shape index (κ1) is 11.0. The third kappa shape index (κ3) is 1.38. The Hall–Kier alpha value is -1.92. The maximum atomic E-state index is 10.2. The van der Waals surface area contributed by atoms with Gasteiger partial charge in [0.15, 0.2) is 0 Å². The maximum Gasteiger partial charge on any atom is 0.140 e. The normalized spacial score (nSPS) is 11.8.